The Morgan fingerprint density at radius 2 is 1.94 bits per heavy atom. The van der Waals surface area contributed by atoms with E-state index in [-0.39, 0.29) is 6.04 Å². The van der Waals surface area contributed by atoms with Crippen LogP contribution in [0.4, 0.5) is 0 Å². The Bertz CT molecular complexity index is 252. The highest BCUT2D eigenvalue weighted by molar-refractivity contribution is 4.91. The molecule has 1 rings (SSSR count). The van der Waals surface area contributed by atoms with Crippen LogP contribution in [0, 0.1) is 11.3 Å². The molecule has 3 atom stereocenters. The van der Waals surface area contributed by atoms with Gasteiger partial charge in [0.05, 0.1) is 24.3 Å². The molecule has 1 N–H and O–H groups in total. The zero-order valence-corrected chi connectivity index (χ0v) is 11.4. The van der Waals surface area contributed by atoms with Crippen LogP contribution in [-0.4, -0.2) is 48.8 Å². The van der Waals surface area contributed by atoms with Crippen LogP contribution in [-0.2, 0) is 4.74 Å². The average Bonchev–Trinajstić information content (AvgIpc) is 2.22. The average molecular weight is 239 g/mol. The van der Waals surface area contributed by atoms with Gasteiger partial charge in [0.2, 0.25) is 0 Å². The standard InChI is InChI=1S/C13H25N3O/c1-10(2)15-13(7-14)5-6-16-8-11(3)17-12(4)9-16/h10-13,15H,5-6,8-9H2,1-4H3/t11-,12+,13?. The normalized spacial score (nSPS) is 28.0. The molecule has 0 spiro atoms. The lowest BCUT2D eigenvalue weighted by atomic mass is 10.1. The third-order valence-electron chi connectivity index (χ3n) is 2.92. The van der Waals surface area contributed by atoms with Crippen LogP contribution < -0.4 is 5.32 Å². The van der Waals surface area contributed by atoms with Crippen molar-refractivity contribution in [3.8, 4) is 6.07 Å². The van der Waals surface area contributed by atoms with E-state index in [0.717, 1.165) is 26.1 Å². The Kier molecular flexibility index (Phi) is 5.90. The van der Waals surface area contributed by atoms with Crippen molar-refractivity contribution in [3.05, 3.63) is 0 Å². The number of ether oxygens (including phenoxy) is 1. The van der Waals surface area contributed by atoms with Crippen molar-refractivity contribution < 1.29 is 4.74 Å². The maximum Gasteiger partial charge on any atom is 0.0967 e. The van der Waals surface area contributed by atoms with Gasteiger partial charge in [0.25, 0.3) is 0 Å². The summed E-state index contributed by atoms with van der Waals surface area (Å²) in [6, 6.07) is 2.65. The summed E-state index contributed by atoms with van der Waals surface area (Å²) >= 11 is 0. The van der Waals surface area contributed by atoms with Crippen LogP contribution in [0.15, 0.2) is 0 Å². The van der Waals surface area contributed by atoms with Gasteiger partial charge in [0, 0.05) is 25.7 Å². The van der Waals surface area contributed by atoms with Gasteiger partial charge in [-0.05, 0) is 34.1 Å². The van der Waals surface area contributed by atoms with Gasteiger partial charge in [-0.3, -0.25) is 10.2 Å². The van der Waals surface area contributed by atoms with E-state index in [1.807, 2.05) is 0 Å². The van der Waals surface area contributed by atoms with Crippen molar-refractivity contribution >= 4 is 0 Å². The maximum atomic E-state index is 9.05. The molecule has 1 heterocycles. The first-order chi connectivity index (χ1) is 8.01. The molecule has 98 valence electrons. The second-order valence-corrected chi connectivity index (χ2v) is 5.31. The van der Waals surface area contributed by atoms with E-state index in [1.165, 1.54) is 0 Å². The smallest absolute Gasteiger partial charge is 0.0967 e. The van der Waals surface area contributed by atoms with Crippen LogP contribution in [0.2, 0.25) is 0 Å². The van der Waals surface area contributed by atoms with E-state index in [4.69, 9.17) is 10.00 Å². The Balaban J connectivity index is 2.31. The fourth-order valence-electron chi connectivity index (χ4n) is 2.37. The molecule has 1 unspecified atom stereocenters. The summed E-state index contributed by atoms with van der Waals surface area (Å²) in [5.74, 6) is 0. The molecule has 4 heteroatoms. The number of hydrogen-bond donors (Lipinski definition) is 1. The van der Waals surface area contributed by atoms with Gasteiger partial charge in [0.1, 0.15) is 0 Å². The summed E-state index contributed by atoms with van der Waals surface area (Å²) in [4.78, 5) is 2.39. The molecule has 0 aromatic carbocycles. The Morgan fingerprint density at radius 3 is 2.41 bits per heavy atom. The third-order valence-corrected chi connectivity index (χ3v) is 2.92. The van der Waals surface area contributed by atoms with Crippen LogP contribution in [0.1, 0.15) is 34.1 Å². The van der Waals surface area contributed by atoms with Gasteiger partial charge in [-0.1, -0.05) is 0 Å². The zero-order chi connectivity index (χ0) is 12.8. The Hall–Kier alpha value is -0.630. The van der Waals surface area contributed by atoms with Crippen LogP contribution >= 0.6 is 0 Å². The first kappa shape index (κ1) is 14.4. The summed E-state index contributed by atoms with van der Waals surface area (Å²) in [6.45, 7) is 11.3. The van der Waals surface area contributed by atoms with Crippen molar-refractivity contribution in [3.63, 3.8) is 0 Å². The maximum absolute atomic E-state index is 9.05. The number of nitriles is 1. The second-order valence-electron chi connectivity index (χ2n) is 5.31. The fourth-order valence-corrected chi connectivity index (χ4v) is 2.37. The molecular formula is C13H25N3O. The predicted molar refractivity (Wildman–Crippen MR) is 68.7 cm³/mol. The Labute approximate surface area is 105 Å². The monoisotopic (exact) mass is 239 g/mol. The Morgan fingerprint density at radius 1 is 1.35 bits per heavy atom. The quantitative estimate of drug-likeness (QED) is 0.787. The molecule has 1 aliphatic heterocycles. The van der Waals surface area contributed by atoms with Crippen molar-refractivity contribution in [1.29, 1.82) is 5.26 Å². The molecule has 0 amide bonds. The van der Waals surface area contributed by atoms with E-state index in [9.17, 15) is 0 Å². The van der Waals surface area contributed by atoms with Crippen LogP contribution in [0.3, 0.4) is 0 Å². The zero-order valence-electron chi connectivity index (χ0n) is 11.4. The molecule has 0 saturated carbocycles. The first-order valence-corrected chi connectivity index (χ1v) is 6.54. The molecular weight excluding hydrogens is 214 g/mol. The highest BCUT2D eigenvalue weighted by atomic mass is 16.5. The number of rotatable bonds is 5. The molecule has 1 fully saturated rings. The number of nitrogens with zero attached hydrogens (tertiary/aromatic N) is 2. The van der Waals surface area contributed by atoms with Gasteiger partial charge < -0.3 is 4.74 Å². The summed E-state index contributed by atoms with van der Waals surface area (Å²) in [6.07, 6.45) is 1.49. The second kappa shape index (κ2) is 6.95. The van der Waals surface area contributed by atoms with Gasteiger partial charge >= 0.3 is 0 Å². The number of nitrogens with one attached hydrogen (secondary N) is 1. The molecule has 4 nitrogen and oxygen atoms in total. The number of hydrogen-bond acceptors (Lipinski definition) is 4. The topological polar surface area (TPSA) is 48.3 Å². The van der Waals surface area contributed by atoms with E-state index in [1.54, 1.807) is 0 Å². The fraction of sp³-hybridized carbons (Fsp3) is 0.923. The summed E-state index contributed by atoms with van der Waals surface area (Å²) < 4.78 is 5.69. The lowest BCUT2D eigenvalue weighted by Gasteiger charge is -2.35. The van der Waals surface area contributed by atoms with Crippen molar-refractivity contribution in [2.45, 2.75) is 58.4 Å². The minimum atomic E-state index is -0.0385. The molecule has 0 aromatic heterocycles. The van der Waals surface area contributed by atoms with Crippen molar-refractivity contribution in [1.82, 2.24) is 10.2 Å². The third kappa shape index (κ3) is 5.49. The van der Waals surface area contributed by atoms with E-state index in [0.29, 0.717) is 18.2 Å². The molecule has 0 aromatic rings. The molecule has 0 aliphatic carbocycles. The lowest BCUT2D eigenvalue weighted by molar-refractivity contribution is -0.0683. The van der Waals surface area contributed by atoms with Gasteiger partial charge in [-0.2, -0.15) is 5.26 Å². The summed E-state index contributed by atoms with van der Waals surface area (Å²) in [5.41, 5.74) is 0. The molecule has 1 saturated heterocycles. The largest absolute Gasteiger partial charge is 0.373 e. The van der Waals surface area contributed by atoms with Crippen molar-refractivity contribution in [2.24, 2.45) is 0 Å². The predicted octanol–water partition coefficient (Wildman–Crippen LogP) is 1.38. The summed E-state index contributed by atoms with van der Waals surface area (Å²) in [7, 11) is 0. The van der Waals surface area contributed by atoms with E-state index >= 15 is 0 Å². The van der Waals surface area contributed by atoms with Gasteiger partial charge in [0.15, 0.2) is 0 Å². The van der Waals surface area contributed by atoms with E-state index in [2.05, 4.69) is 44.0 Å². The molecule has 0 radical (unpaired) electrons. The van der Waals surface area contributed by atoms with Gasteiger partial charge in [-0.25, -0.2) is 0 Å². The van der Waals surface area contributed by atoms with E-state index < -0.39 is 0 Å². The minimum Gasteiger partial charge on any atom is -0.373 e. The molecule has 0 bridgehead atoms. The minimum absolute atomic E-state index is 0.0385. The van der Waals surface area contributed by atoms with Crippen LogP contribution in [0.25, 0.3) is 0 Å². The highest BCUT2D eigenvalue weighted by Gasteiger charge is 2.22. The van der Waals surface area contributed by atoms with Crippen molar-refractivity contribution in [2.75, 3.05) is 19.6 Å². The SMILES string of the molecule is CC(C)NC(C#N)CCN1C[C@@H](C)O[C@@H](C)C1. The summed E-state index contributed by atoms with van der Waals surface area (Å²) in [5, 5.41) is 12.3. The van der Waals surface area contributed by atoms with Gasteiger partial charge in [-0.15, -0.1) is 0 Å². The highest BCUT2D eigenvalue weighted by Crippen LogP contribution is 2.11. The lowest BCUT2D eigenvalue weighted by Crippen LogP contribution is -2.47. The molecule has 17 heavy (non-hydrogen) atoms. The van der Waals surface area contributed by atoms with Crippen LogP contribution in [0.5, 0.6) is 0 Å². The number of morpholine rings is 1. The molecule has 1 aliphatic rings. The first-order valence-electron chi connectivity index (χ1n) is 6.54.